The highest BCUT2D eigenvalue weighted by Crippen LogP contribution is 2.40. The van der Waals surface area contributed by atoms with Crippen molar-refractivity contribution in [3.8, 4) is 22.8 Å². The third-order valence-corrected chi connectivity index (χ3v) is 9.49. The van der Waals surface area contributed by atoms with Gasteiger partial charge in [-0.2, -0.15) is 0 Å². The molecule has 7 rings (SSSR count). The van der Waals surface area contributed by atoms with Crippen LogP contribution >= 0.6 is 0 Å². The van der Waals surface area contributed by atoms with E-state index in [-0.39, 0.29) is 36.1 Å². The smallest absolute Gasteiger partial charge is 0.410 e. The summed E-state index contributed by atoms with van der Waals surface area (Å²) in [7, 11) is 0. The highest BCUT2D eigenvalue weighted by molar-refractivity contribution is 5.75. The number of nitrogens with zero attached hydrogens (tertiary/aromatic N) is 6. The fourth-order valence-electron chi connectivity index (χ4n) is 6.98. The number of nitrogen functional groups attached to an aromatic ring is 1. The van der Waals surface area contributed by atoms with Crippen LogP contribution < -0.4 is 20.3 Å². The number of phenolic OH excluding ortho intramolecular Hbond substituents is 1. The van der Waals surface area contributed by atoms with E-state index in [1.54, 1.807) is 4.90 Å². The summed E-state index contributed by atoms with van der Waals surface area (Å²) < 4.78 is 25.6. The molecule has 2 atom stereocenters. The van der Waals surface area contributed by atoms with Gasteiger partial charge in [0.25, 0.3) is 0 Å². The lowest BCUT2D eigenvalue weighted by molar-refractivity contribution is 0.0684. The Morgan fingerprint density at radius 2 is 1.69 bits per heavy atom. The minimum absolute atomic E-state index is 0.0596. The summed E-state index contributed by atoms with van der Waals surface area (Å²) in [6.07, 6.45) is 1.76. The SMILES string of the molecule is Nc1nnc(-c2cc(F)ccc2O)cc1N1C2CCC1CN(c1cccc(OCCN3CCN(C(=O)OCc4ccccc4)CC3)c1)C2. The minimum atomic E-state index is -0.459. The Bertz CT molecular complexity index is 1720. The molecule has 12 heteroatoms. The number of hydrogen-bond acceptors (Lipinski definition) is 10. The molecule has 11 nitrogen and oxygen atoms in total. The number of carbonyl (C=O) groups excluding carboxylic acids is 1. The summed E-state index contributed by atoms with van der Waals surface area (Å²) in [6, 6.07) is 24.0. The first-order chi connectivity index (χ1) is 23.4. The van der Waals surface area contributed by atoms with Crippen LogP contribution in [0.2, 0.25) is 0 Å². The molecule has 0 radical (unpaired) electrons. The first-order valence-electron chi connectivity index (χ1n) is 16.5. The maximum atomic E-state index is 14.0. The van der Waals surface area contributed by atoms with Gasteiger partial charge in [0.15, 0.2) is 5.82 Å². The summed E-state index contributed by atoms with van der Waals surface area (Å²) in [5.74, 6) is 0.627. The van der Waals surface area contributed by atoms with Gasteiger partial charge in [0, 0.05) is 75.2 Å². The van der Waals surface area contributed by atoms with Crippen LogP contribution in [0, 0.1) is 5.82 Å². The number of aromatic hydroxyl groups is 1. The van der Waals surface area contributed by atoms with E-state index < -0.39 is 5.82 Å². The molecule has 0 aliphatic carbocycles. The molecular formula is C36H40FN7O4. The summed E-state index contributed by atoms with van der Waals surface area (Å²) in [5, 5.41) is 18.7. The number of aromatic nitrogens is 2. The van der Waals surface area contributed by atoms with E-state index in [0.717, 1.165) is 68.3 Å². The van der Waals surface area contributed by atoms with Gasteiger partial charge in [0.2, 0.25) is 0 Å². The molecule has 3 fully saturated rings. The number of fused-ring (bicyclic) bond motifs is 2. The number of hydrogen-bond donors (Lipinski definition) is 2. The molecule has 250 valence electrons. The van der Waals surface area contributed by atoms with Crippen molar-refractivity contribution in [3.05, 3.63) is 90.2 Å². The van der Waals surface area contributed by atoms with E-state index in [1.165, 1.54) is 18.2 Å². The van der Waals surface area contributed by atoms with Crippen molar-refractivity contribution >= 4 is 23.3 Å². The van der Waals surface area contributed by atoms with Crippen molar-refractivity contribution in [2.24, 2.45) is 0 Å². The summed E-state index contributed by atoms with van der Waals surface area (Å²) >= 11 is 0. The summed E-state index contributed by atoms with van der Waals surface area (Å²) in [5.41, 5.74) is 9.84. The molecule has 3 aromatic carbocycles. The van der Waals surface area contributed by atoms with E-state index in [2.05, 4.69) is 37.0 Å². The number of rotatable bonds is 9. The fourth-order valence-corrected chi connectivity index (χ4v) is 6.98. The Morgan fingerprint density at radius 3 is 2.46 bits per heavy atom. The second-order valence-electron chi connectivity index (χ2n) is 12.6. The van der Waals surface area contributed by atoms with E-state index in [0.29, 0.717) is 31.2 Å². The van der Waals surface area contributed by atoms with E-state index in [4.69, 9.17) is 15.2 Å². The first kappa shape index (κ1) is 31.5. The molecule has 3 aliphatic heterocycles. The molecular weight excluding hydrogens is 613 g/mol. The number of halogens is 1. The number of phenols is 1. The third-order valence-electron chi connectivity index (χ3n) is 9.49. The van der Waals surface area contributed by atoms with Gasteiger partial charge >= 0.3 is 6.09 Å². The molecule has 3 aliphatic rings. The van der Waals surface area contributed by atoms with Crippen LogP contribution in [0.5, 0.6) is 11.5 Å². The standard InChI is InChI=1S/C36H40FN7O4/c37-26-9-12-34(45)31(19-26)32-21-33(35(38)40-39-32)44-28-10-11-29(44)23-43(22-28)27-7-4-8-30(20-27)47-18-17-41-13-15-42(16-14-41)36(46)48-24-25-5-2-1-3-6-25/h1-9,12,19-21,28-29,45H,10-11,13-18,22-24H2,(H2,38,40). The zero-order valence-corrected chi connectivity index (χ0v) is 26.7. The number of anilines is 3. The molecule has 0 spiro atoms. The molecule has 4 heterocycles. The molecule has 48 heavy (non-hydrogen) atoms. The summed E-state index contributed by atoms with van der Waals surface area (Å²) in [4.78, 5) is 21.3. The second kappa shape index (κ2) is 13.9. The second-order valence-corrected chi connectivity index (χ2v) is 12.6. The van der Waals surface area contributed by atoms with Gasteiger partial charge in [-0.1, -0.05) is 36.4 Å². The molecule has 2 unspecified atom stereocenters. The van der Waals surface area contributed by atoms with E-state index in [1.807, 2.05) is 48.5 Å². The zero-order valence-electron chi connectivity index (χ0n) is 26.7. The number of benzene rings is 3. The minimum Gasteiger partial charge on any atom is -0.507 e. The third kappa shape index (κ3) is 6.93. The number of nitrogens with two attached hydrogens (primary N) is 1. The van der Waals surface area contributed by atoms with Crippen molar-refractivity contribution in [3.63, 3.8) is 0 Å². The van der Waals surface area contributed by atoms with E-state index >= 15 is 0 Å². The Labute approximate surface area is 279 Å². The Morgan fingerprint density at radius 1 is 0.917 bits per heavy atom. The van der Waals surface area contributed by atoms with Crippen molar-refractivity contribution in [2.75, 3.05) is 68.0 Å². The average molecular weight is 654 g/mol. The topological polar surface area (TPSA) is 121 Å². The van der Waals surface area contributed by atoms with Gasteiger partial charge < -0.3 is 35.0 Å². The van der Waals surface area contributed by atoms with Crippen LogP contribution in [-0.2, 0) is 11.3 Å². The van der Waals surface area contributed by atoms with Crippen LogP contribution in [0.15, 0.2) is 78.9 Å². The number of piperazine rings is 2. The molecule has 4 aromatic rings. The molecule has 2 bridgehead atoms. The monoisotopic (exact) mass is 653 g/mol. The fraction of sp³-hybridized carbons (Fsp3) is 0.361. The van der Waals surface area contributed by atoms with Crippen molar-refractivity contribution in [2.45, 2.75) is 31.5 Å². The Balaban J connectivity index is 0.912. The molecule has 3 saturated heterocycles. The van der Waals surface area contributed by atoms with Gasteiger partial charge in [0.05, 0.1) is 11.4 Å². The number of amides is 1. The van der Waals surface area contributed by atoms with Gasteiger partial charge in [-0.05, 0) is 54.8 Å². The maximum Gasteiger partial charge on any atom is 0.410 e. The van der Waals surface area contributed by atoms with E-state index in [9.17, 15) is 14.3 Å². The largest absolute Gasteiger partial charge is 0.507 e. The lowest BCUT2D eigenvalue weighted by Crippen LogP contribution is -2.54. The molecule has 1 amide bonds. The molecule has 3 N–H and O–H groups in total. The van der Waals surface area contributed by atoms with Crippen LogP contribution in [0.25, 0.3) is 11.3 Å². The average Bonchev–Trinajstić information content (AvgIpc) is 3.37. The first-order valence-corrected chi connectivity index (χ1v) is 16.5. The maximum absolute atomic E-state index is 14.0. The number of carbonyl (C=O) groups is 1. The number of ether oxygens (including phenoxy) is 2. The van der Waals surface area contributed by atoms with Crippen LogP contribution in [0.1, 0.15) is 18.4 Å². The lowest BCUT2D eigenvalue weighted by Gasteiger charge is -2.43. The van der Waals surface area contributed by atoms with Gasteiger partial charge in [-0.3, -0.25) is 4.90 Å². The Kier molecular flexibility index (Phi) is 9.15. The predicted octanol–water partition coefficient (Wildman–Crippen LogP) is 4.76. The molecule has 1 aromatic heterocycles. The van der Waals surface area contributed by atoms with Gasteiger partial charge in [-0.15, -0.1) is 10.2 Å². The van der Waals surface area contributed by atoms with Crippen LogP contribution in [0.4, 0.5) is 26.4 Å². The normalized spacial score (nSPS) is 19.4. The van der Waals surface area contributed by atoms with Crippen LogP contribution in [-0.4, -0.2) is 95.7 Å². The van der Waals surface area contributed by atoms with Crippen molar-refractivity contribution in [1.82, 2.24) is 20.0 Å². The van der Waals surface area contributed by atoms with Gasteiger partial charge in [-0.25, -0.2) is 9.18 Å². The summed E-state index contributed by atoms with van der Waals surface area (Å²) in [6.45, 7) is 6.04. The quantitative estimate of drug-likeness (QED) is 0.262. The highest BCUT2D eigenvalue weighted by atomic mass is 19.1. The van der Waals surface area contributed by atoms with Crippen LogP contribution in [0.3, 0.4) is 0 Å². The predicted molar refractivity (Wildman–Crippen MR) is 182 cm³/mol. The zero-order chi connectivity index (χ0) is 33.0. The van der Waals surface area contributed by atoms with Crippen molar-refractivity contribution in [1.29, 1.82) is 0 Å². The van der Waals surface area contributed by atoms with Crippen molar-refractivity contribution < 1.29 is 23.8 Å². The highest BCUT2D eigenvalue weighted by Gasteiger charge is 2.41. The Hall–Kier alpha value is -5.10. The van der Waals surface area contributed by atoms with Gasteiger partial charge in [0.1, 0.15) is 30.5 Å². The molecule has 0 saturated carbocycles. The lowest BCUT2D eigenvalue weighted by atomic mass is 10.1.